The first-order valence-corrected chi connectivity index (χ1v) is 11.0. The van der Waals surface area contributed by atoms with Crippen molar-refractivity contribution in [1.82, 2.24) is 14.1 Å². The van der Waals surface area contributed by atoms with E-state index in [0.717, 1.165) is 0 Å². The number of nitrogens with zero attached hydrogens (tertiary/aromatic N) is 2. The topological polar surface area (TPSA) is 99.0 Å². The van der Waals surface area contributed by atoms with Crippen LogP contribution in [0.25, 0.3) is 5.65 Å². The second kappa shape index (κ2) is 9.03. The number of halogens is 1. The largest absolute Gasteiger partial charge is 0.497 e. The van der Waals surface area contributed by atoms with Gasteiger partial charge in [0.05, 0.1) is 22.7 Å². The number of aromatic nitrogens is 2. The summed E-state index contributed by atoms with van der Waals surface area (Å²) in [7, 11) is -2.43. The molecule has 0 amide bonds. The van der Waals surface area contributed by atoms with Gasteiger partial charge in [-0.3, -0.25) is 4.79 Å². The molecular formula is C20H22ClN3O5S. The van der Waals surface area contributed by atoms with Gasteiger partial charge in [0.15, 0.2) is 0 Å². The molecule has 1 unspecified atom stereocenters. The predicted octanol–water partition coefficient (Wildman–Crippen LogP) is 3.04. The van der Waals surface area contributed by atoms with Crippen LogP contribution in [0.15, 0.2) is 53.7 Å². The molecule has 30 heavy (non-hydrogen) atoms. The molecule has 0 radical (unpaired) electrons. The van der Waals surface area contributed by atoms with Crippen LogP contribution >= 0.6 is 11.6 Å². The Morgan fingerprint density at radius 2 is 1.87 bits per heavy atom. The molecule has 160 valence electrons. The standard InChI is InChI=1S/C20H22ClN3O5S/c1-13(2)19(23-30(26,27)17-7-5-16(28-3)6-8-17)20(25)29-12-15-11-24-10-14(21)4-9-18(24)22-15/h4-11,13,19,23H,12H2,1-3H3. The predicted molar refractivity (Wildman–Crippen MR) is 112 cm³/mol. The maximum absolute atomic E-state index is 12.7. The molecule has 0 aliphatic carbocycles. The molecule has 0 saturated carbocycles. The quantitative estimate of drug-likeness (QED) is 0.528. The molecule has 0 aliphatic rings. The monoisotopic (exact) mass is 451 g/mol. The molecule has 8 nitrogen and oxygen atoms in total. The van der Waals surface area contributed by atoms with Crippen LogP contribution < -0.4 is 9.46 Å². The maximum atomic E-state index is 12.7. The number of carbonyl (C=O) groups is 1. The number of rotatable bonds is 8. The van der Waals surface area contributed by atoms with E-state index in [9.17, 15) is 13.2 Å². The molecule has 1 N–H and O–H groups in total. The fourth-order valence-electron chi connectivity index (χ4n) is 2.77. The van der Waals surface area contributed by atoms with Crippen LogP contribution in [-0.2, 0) is 26.2 Å². The number of ether oxygens (including phenoxy) is 2. The van der Waals surface area contributed by atoms with Crippen LogP contribution in [0.2, 0.25) is 5.02 Å². The van der Waals surface area contributed by atoms with Crippen LogP contribution in [0, 0.1) is 5.92 Å². The third kappa shape index (κ3) is 5.10. The van der Waals surface area contributed by atoms with Crippen molar-refractivity contribution in [3.8, 4) is 5.75 Å². The van der Waals surface area contributed by atoms with Crippen molar-refractivity contribution in [3.63, 3.8) is 0 Å². The summed E-state index contributed by atoms with van der Waals surface area (Å²) in [4.78, 5) is 17.0. The Kier molecular flexibility index (Phi) is 6.64. The van der Waals surface area contributed by atoms with E-state index in [2.05, 4.69) is 9.71 Å². The van der Waals surface area contributed by atoms with E-state index in [4.69, 9.17) is 21.1 Å². The Morgan fingerprint density at radius 1 is 1.17 bits per heavy atom. The average Bonchev–Trinajstić information content (AvgIpc) is 3.12. The van der Waals surface area contributed by atoms with Gasteiger partial charge in [0.1, 0.15) is 24.0 Å². The van der Waals surface area contributed by atoms with Crippen LogP contribution in [-0.4, -0.2) is 36.9 Å². The number of hydrogen-bond donors (Lipinski definition) is 1. The van der Waals surface area contributed by atoms with Gasteiger partial charge in [0.2, 0.25) is 10.0 Å². The summed E-state index contributed by atoms with van der Waals surface area (Å²) in [5, 5.41) is 0.552. The number of nitrogens with one attached hydrogen (secondary N) is 1. The summed E-state index contributed by atoms with van der Waals surface area (Å²) in [6.45, 7) is 3.37. The lowest BCUT2D eigenvalue weighted by atomic mass is 10.1. The van der Waals surface area contributed by atoms with Gasteiger partial charge in [-0.05, 0) is 42.3 Å². The molecule has 0 bridgehead atoms. The summed E-state index contributed by atoms with van der Waals surface area (Å²) < 4.78 is 39.9. The zero-order valence-electron chi connectivity index (χ0n) is 16.7. The highest BCUT2D eigenvalue weighted by atomic mass is 35.5. The van der Waals surface area contributed by atoms with Crippen molar-refractivity contribution in [3.05, 3.63) is 59.5 Å². The minimum Gasteiger partial charge on any atom is -0.497 e. The number of pyridine rings is 1. The van der Waals surface area contributed by atoms with E-state index in [1.807, 2.05) is 0 Å². The Morgan fingerprint density at radius 3 is 2.50 bits per heavy atom. The lowest BCUT2D eigenvalue weighted by Gasteiger charge is -2.20. The molecule has 0 saturated heterocycles. The molecule has 2 aromatic heterocycles. The average molecular weight is 452 g/mol. The summed E-state index contributed by atoms with van der Waals surface area (Å²) >= 11 is 5.95. The lowest BCUT2D eigenvalue weighted by molar-refractivity contribution is -0.148. The summed E-state index contributed by atoms with van der Waals surface area (Å²) in [6.07, 6.45) is 3.38. The minimum absolute atomic E-state index is 0.0268. The SMILES string of the molecule is COc1ccc(S(=O)(=O)NC(C(=O)OCc2cn3cc(Cl)ccc3n2)C(C)C)cc1. The van der Waals surface area contributed by atoms with Crippen molar-refractivity contribution in [2.24, 2.45) is 5.92 Å². The fraction of sp³-hybridized carbons (Fsp3) is 0.300. The summed E-state index contributed by atoms with van der Waals surface area (Å²) in [5.41, 5.74) is 1.18. The molecule has 1 atom stereocenters. The van der Waals surface area contributed by atoms with Gasteiger partial charge < -0.3 is 13.9 Å². The molecular weight excluding hydrogens is 430 g/mol. The zero-order valence-corrected chi connectivity index (χ0v) is 18.3. The van der Waals surface area contributed by atoms with E-state index in [1.165, 1.54) is 31.4 Å². The van der Waals surface area contributed by atoms with E-state index < -0.39 is 22.0 Å². The van der Waals surface area contributed by atoms with Gasteiger partial charge >= 0.3 is 5.97 Å². The molecule has 0 fully saturated rings. The zero-order chi connectivity index (χ0) is 21.9. The van der Waals surface area contributed by atoms with E-state index >= 15 is 0 Å². The highest BCUT2D eigenvalue weighted by Crippen LogP contribution is 2.18. The second-order valence-corrected chi connectivity index (χ2v) is 9.12. The molecule has 3 aromatic rings. The number of carbonyl (C=O) groups excluding carboxylic acids is 1. The van der Waals surface area contributed by atoms with Crippen LogP contribution in [0.1, 0.15) is 19.5 Å². The molecule has 3 rings (SSSR count). The van der Waals surface area contributed by atoms with Crippen molar-refractivity contribution < 1.29 is 22.7 Å². The molecule has 2 heterocycles. The van der Waals surface area contributed by atoms with Gasteiger partial charge in [-0.15, -0.1) is 0 Å². The number of imidazole rings is 1. The fourth-order valence-corrected chi connectivity index (χ4v) is 4.27. The number of esters is 1. The highest BCUT2D eigenvalue weighted by Gasteiger charge is 2.30. The maximum Gasteiger partial charge on any atom is 0.324 e. The van der Waals surface area contributed by atoms with Gasteiger partial charge in [-0.25, -0.2) is 13.4 Å². The first-order chi connectivity index (χ1) is 14.2. The van der Waals surface area contributed by atoms with Crippen molar-refractivity contribution >= 4 is 33.2 Å². The number of fused-ring (bicyclic) bond motifs is 1. The first-order valence-electron chi connectivity index (χ1n) is 9.16. The summed E-state index contributed by atoms with van der Waals surface area (Å²) in [5.74, 6) is -0.481. The Bertz CT molecular complexity index is 1140. The van der Waals surface area contributed by atoms with Crippen LogP contribution in [0.5, 0.6) is 5.75 Å². The number of benzene rings is 1. The molecule has 0 spiro atoms. The number of methoxy groups -OCH3 is 1. The normalized spacial score (nSPS) is 12.8. The Labute approximate surface area is 179 Å². The third-order valence-electron chi connectivity index (χ3n) is 4.40. The minimum atomic E-state index is -3.92. The van der Waals surface area contributed by atoms with Gasteiger partial charge in [0.25, 0.3) is 0 Å². The number of hydrogen-bond acceptors (Lipinski definition) is 6. The molecule has 10 heteroatoms. The third-order valence-corrected chi connectivity index (χ3v) is 6.08. The molecule has 0 aliphatic heterocycles. The highest BCUT2D eigenvalue weighted by molar-refractivity contribution is 7.89. The Hall–Kier alpha value is -2.62. The summed E-state index contributed by atoms with van der Waals surface area (Å²) in [6, 6.07) is 8.29. The van der Waals surface area contributed by atoms with E-state index in [-0.39, 0.29) is 17.4 Å². The van der Waals surface area contributed by atoms with Crippen molar-refractivity contribution in [2.75, 3.05) is 7.11 Å². The van der Waals surface area contributed by atoms with Crippen molar-refractivity contribution in [1.29, 1.82) is 0 Å². The van der Waals surface area contributed by atoms with E-state index in [1.54, 1.807) is 42.8 Å². The first kappa shape index (κ1) is 22.1. The molecule has 1 aromatic carbocycles. The van der Waals surface area contributed by atoms with E-state index in [0.29, 0.717) is 22.1 Å². The Balaban J connectivity index is 1.70. The van der Waals surface area contributed by atoms with Gasteiger partial charge in [0, 0.05) is 12.4 Å². The van der Waals surface area contributed by atoms with Gasteiger partial charge in [-0.1, -0.05) is 25.4 Å². The number of sulfonamides is 1. The van der Waals surface area contributed by atoms with Crippen LogP contribution in [0.4, 0.5) is 0 Å². The lowest BCUT2D eigenvalue weighted by Crippen LogP contribution is -2.45. The smallest absolute Gasteiger partial charge is 0.324 e. The van der Waals surface area contributed by atoms with Crippen molar-refractivity contribution in [2.45, 2.75) is 31.4 Å². The van der Waals surface area contributed by atoms with Crippen LogP contribution in [0.3, 0.4) is 0 Å². The second-order valence-electron chi connectivity index (χ2n) is 6.97. The van der Waals surface area contributed by atoms with Gasteiger partial charge in [-0.2, -0.15) is 4.72 Å².